The van der Waals surface area contributed by atoms with Gasteiger partial charge in [0.1, 0.15) is 11.0 Å². The molecule has 0 aromatic carbocycles. The van der Waals surface area contributed by atoms with Crippen molar-refractivity contribution in [2.75, 3.05) is 18.0 Å². The molecule has 0 spiro atoms. The highest BCUT2D eigenvalue weighted by Gasteiger charge is 2.53. The first-order valence-electron chi connectivity index (χ1n) is 10.6. The third-order valence-electron chi connectivity index (χ3n) is 6.21. The maximum absolute atomic E-state index is 12.6. The normalized spacial score (nSPS) is 17.8. The molecule has 2 fully saturated rings. The standard InChI is InChI=1S/C23H22ClN5O3/c24-19-12-15(1-8-27-19)18-11-16-13-26-7-2-17(16)20(28-18)29-9-3-14(4-10-29)21(30)32-23(5-6-23)22(25)31/h1-2,7-8,11-14H,3-6,9-10H2,(H2,25,31). The Morgan fingerprint density at radius 2 is 1.94 bits per heavy atom. The van der Waals surface area contributed by atoms with E-state index in [1.54, 1.807) is 18.5 Å². The summed E-state index contributed by atoms with van der Waals surface area (Å²) in [6.45, 7) is 1.29. The number of ether oxygens (including phenoxy) is 1. The highest BCUT2D eigenvalue weighted by atomic mass is 35.5. The van der Waals surface area contributed by atoms with E-state index in [2.05, 4.69) is 14.9 Å². The van der Waals surface area contributed by atoms with E-state index in [1.165, 1.54) is 0 Å². The van der Waals surface area contributed by atoms with Gasteiger partial charge in [-0.3, -0.25) is 14.6 Å². The quantitative estimate of drug-likeness (QED) is 0.468. The van der Waals surface area contributed by atoms with E-state index in [0.717, 1.165) is 27.8 Å². The average Bonchev–Trinajstić information content (AvgIpc) is 3.59. The zero-order valence-electron chi connectivity index (χ0n) is 17.3. The van der Waals surface area contributed by atoms with Crippen LogP contribution in [-0.2, 0) is 14.3 Å². The number of aromatic nitrogens is 3. The van der Waals surface area contributed by atoms with Crippen molar-refractivity contribution in [2.24, 2.45) is 11.7 Å². The molecule has 0 unspecified atom stereocenters. The fourth-order valence-corrected chi connectivity index (χ4v) is 4.32. The van der Waals surface area contributed by atoms with E-state index >= 15 is 0 Å². The molecule has 3 aromatic heterocycles. The Hall–Kier alpha value is -3.26. The summed E-state index contributed by atoms with van der Waals surface area (Å²) in [5.74, 6) is -0.294. The number of piperidine rings is 1. The molecule has 2 N–H and O–H groups in total. The number of pyridine rings is 3. The van der Waals surface area contributed by atoms with Gasteiger partial charge < -0.3 is 15.4 Å². The number of fused-ring (bicyclic) bond motifs is 1. The Morgan fingerprint density at radius 1 is 1.16 bits per heavy atom. The van der Waals surface area contributed by atoms with Crippen LogP contribution < -0.4 is 10.6 Å². The molecule has 2 aliphatic rings. The number of halogens is 1. The summed E-state index contributed by atoms with van der Waals surface area (Å²) in [5, 5.41) is 2.37. The number of hydrogen-bond donors (Lipinski definition) is 1. The predicted octanol–water partition coefficient (Wildman–Crippen LogP) is 3.12. The lowest BCUT2D eigenvalue weighted by molar-refractivity contribution is -0.162. The maximum atomic E-state index is 12.6. The number of nitrogens with two attached hydrogens (primary N) is 1. The molecule has 5 rings (SSSR count). The number of rotatable bonds is 5. The summed E-state index contributed by atoms with van der Waals surface area (Å²) >= 11 is 6.08. The van der Waals surface area contributed by atoms with Gasteiger partial charge in [-0.15, -0.1) is 0 Å². The number of carbonyl (C=O) groups excluding carboxylic acids is 2. The van der Waals surface area contributed by atoms with Crippen molar-refractivity contribution >= 4 is 40.1 Å². The van der Waals surface area contributed by atoms with Crippen LogP contribution in [0.4, 0.5) is 5.82 Å². The van der Waals surface area contributed by atoms with Gasteiger partial charge in [-0.25, -0.2) is 9.97 Å². The van der Waals surface area contributed by atoms with Crippen molar-refractivity contribution in [1.29, 1.82) is 0 Å². The van der Waals surface area contributed by atoms with Gasteiger partial charge in [0.25, 0.3) is 5.91 Å². The summed E-state index contributed by atoms with van der Waals surface area (Å²) in [6.07, 6.45) is 7.49. The minimum absolute atomic E-state index is 0.252. The highest BCUT2D eigenvalue weighted by Crippen LogP contribution is 2.41. The minimum Gasteiger partial charge on any atom is -0.449 e. The molecule has 0 radical (unpaired) electrons. The second-order valence-electron chi connectivity index (χ2n) is 8.34. The molecule has 3 aromatic rings. The minimum atomic E-state index is -1.07. The van der Waals surface area contributed by atoms with Crippen molar-refractivity contribution in [2.45, 2.75) is 31.3 Å². The molecule has 1 amide bonds. The second kappa shape index (κ2) is 8.02. The van der Waals surface area contributed by atoms with Gasteiger partial charge in [-0.2, -0.15) is 0 Å². The van der Waals surface area contributed by atoms with Crippen molar-refractivity contribution < 1.29 is 14.3 Å². The lowest BCUT2D eigenvalue weighted by atomic mass is 9.96. The lowest BCUT2D eigenvalue weighted by Crippen LogP contribution is -2.41. The molecule has 1 saturated carbocycles. The number of primary amides is 1. The number of hydrogen-bond acceptors (Lipinski definition) is 7. The average molecular weight is 452 g/mol. The summed E-state index contributed by atoms with van der Waals surface area (Å²) in [7, 11) is 0. The molecular weight excluding hydrogens is 430 g/mol. The third kappa shape index (κ3) is 3.86. The summed E-state index contributed by atoms with van der Waals surface area (Å²) in [4.78, 5) is 39.6. The largest absolute Gasteiger partial charge is 0.449 e. The molecule has 8 nitrogen and oxygen atoms in total. The summed E-state index contributed by atoms with van der Waals surface area (Å²) < 4.78 is 5.47. The first kappa shape index (κ1) is 20.6. The molecule has 0 bridgehead atoms. The third-order valence-corrected chi connectivity index (χ3v) is 6.42. The van der Waals surface area contributed by atoms with Crippen LogP contribution in [0.1, 0.15) is 25.7 Å². The maximum Gasteiger partial charge on any atom is 0.310 e. The van der Waals surface area contributed by atoms with Gasteiger partial charge in [-0.05, 0) is 37.1 Å². The molecular formula is C23H22ClN5O3. The fraction of sp³-hybridized carbons (Fsp3) is 0.348. The van der Waals surface area contributed by atoms with E-state index in [9.17, 15) is 9.59 Å². The van der Waals surface area contributed by atoms with Crippen LogP contribution in [-0.4, -0.2) is 45.5 Å². The van der Waals surface area contributed by atoms with Crippen molar-refractivity contribution in [3.8, 4) is 11.3 Å². The van der Waals surface area contributed by atoms with Crippen LogP contribution in [0.3, 0.4) is 0 Å². The zero-order valence-corrected chi connectivity index (χ0v) is 18.1. The van der Waals surface area contributed by atoms with Crippen LogP contribution >= 0.6 is 11.6 Å². The van der Waals surface area contributed by atoms with Crippen LogP contribution in [0.15, 0.2) is 42.9 Å². The Labute approximate surface area is 189 Å². The lowest BCUT2D eigenvalue weighted by Gasteiger charge is -2.33. The van der Waals surface area contributed by atoms with Gasteiger partial charge in [0.2, 0.25) is 0 Å². The molecule has 1 aliphatic heterocycles. The fourth-order valence-electron chi connectivity index (χ4n) is 4.15. The zero-order chi connectivity index (χ0) is 22.3. The molecule has 1 saturated heterocycles. The van der Waals surface area contributed by atoms with Crippen molar-refractivity contribution in [1.82, 2.24) is 15.0 Å². The topological polar surface area (TPSA) is 111 Å². The monoisotopic (exact) mass is 451 g/mol. The Balaban J connectivity index is 1.38. The van der Waals surface area contributed by atoms with E-state index in [-0.39, 0.29) is 11.9 Å². The molecule has 9 heteroatoms. The van der Waals surface area contributed by atoms with Crippen LogP contribution in [0.25, 0.3) is 22.0 Å². The molecule has 164 valence electrons. The Morgan fingerprint density at radius 3 is 2.62 bits per heavy atom. The molecule has 4 heterocycles. The van der Waals surface area contributed by atoms with Gasteiger partial charge in [0, 0.05) is 60.9 Å². The van der Waals surface area contributed by atoms with Crippen LogP contribution in [0, 0.1) is 5.92 Å². The Kier molecular flexibility index (Phi) is 5.17. The number of amides is 1. The number of esters is 1. The van der Waals surface area contributed by atoms with Gasteiger partial charge >= 0.3 is 5.97 Å². The summed E-state index contributed by atoms with van der Waals surface area (Å²) in [5.41, 5.74) is 5.97. The first-order chi connectivity index (χ1) is 15.4. The van der Waals surface area contributed by atoms with Crippen LogP contribution in [0.5, 0.6) is 0 Å². The van der Waals surface area contributed by atoms with E-state index in [4.69, 9.17) is 27.1 Å². The smallest absolute Gasteiger partial charge is 0.310 e. The van der Waals surface area contributed by atoms with Gasteiger partial charge in [-0.1, -0.05) is 11.6 Å². The van der Waals surface area contributed by atoms with Gasteiger partial charge in [0.15, 0.2) is 5.60 Å². The number of carbonyl (C=O) groups is 2. The van der Waals surface area contributed by atoms with E-state index in [1.807, 2.05) is 24.4 Å². The molecule has 1 aliphatic carbocycles. The van der Waals surface area contributed by atoms with E-state index < -0.39 is 11.5 Å². The summed E-state index contributed by atoms with van der Waals surface area (Å²) in [6, 6.07) is 7.59. The first-order valence-corrected chi connectivity index (χ1v) is 11.0. The van der Waals surface area contributed by atoms with Crippen molar-refractivity contribution in [3.63, 3.8) is 0 Å². The van der Waals surface area contributed by atoms with Crippen LogP contribution in [0.2, 0.25) is 5.15 Å². The molecule has 32 heavy (non-hydrogen) atoms. The predicted molar refractivity (Wildman–Crippen MR) is 120 cm³/mol. The second-order valence-corrected chi connectivity index (χ2v) is 8.72. The van der Waals surface area contributed by atoms with Crippen molar-refractivity contribution in [3.05, 3.63) is 48.0 Å². The number of nitrogens with zero attached hydrogens (tertiary/aromatic N) is 4. The number of anilines is 1. The molecule has 0 atom stereocenters. The van der Waals surface area contributed by atoms with E-state index in [0.29, 0.717) is 43.9 Å². The van der Waals surface area contributed by atoms with Gasteiger partial charge in [0.05, 0.1) is 11.6 Å². The Bertz CT molecular complexity index is 1210. The highest BCUT2D eigenvalue weighted by molar-refractivity contribution is 6.29. The SMILES string of the molecule is NC(=O)C1(OC(=O)C2CCN(c3nc(-c4ccnc(Cl)c4)cc4cnccc34)CC2)CC1.